The van der Waals surface area contributed by atoms with Gasteiger partial charge in [-0.2, -0.15) is 0 Å². The third-order valence-corrected chi connectivity index (χ3v) is 0.988. The summed E-state index contributed by atoms with van der Waals surface area (Å²) in [7, 11) is 3.11. The lowest BCUT2D eigenvalue weighted by Gasteiger charge is -1.87. The highest BCUT2D eigenvalue weighted by atomic mass is 16.6. The molecule has 1 rings (SSSR count). The van der Waals surface area contributed by atoms with Crippen molar-refractivity contribution in [1.29, 1.82) is 0 Å². The molecular formula is C6H8O3. The first-order chi connectivity index (χ1) is 4.36. The maximum atomic E-state index is 4.86. The Hall–Kier alpha value is -1.12. The Morgan fingerprint density at radius 2 is 2.11 bits per heavy atom. The molecule has 3 nitrogen and oxygen atoms in total. The van der Waals surface area contributed by atoms with E-state index in [0.717, 1.165) is 0 Å². The molecular weight excluding hydrogens is 120 g/mol. The van der Waals surface area contributed by atoms with E-state index in [0.29, 0.717) is 11.7 Å². The van der Waals surface area contributed by atoms with Gasteiger partial charge in [-0.3, -0.25) is 0 Å². The fraction of sp³-hybridized carbons (Fsp3) is 0.333. The lowest BCUT2D eigenvalue weighted by atomic mass is 10.6. The van der Waals surface area contributed by atoms with E-state index in [1.165, 1.54) is 13.4 Å². The largest absolute Gasteiger partial charge is 0.493 e. The van der Waals surface area contributed by atoms with E-state index >= 15 is 0 Å². The van der Waals surface area contributed by atoms with Crippen LogP contribution < -0.4 is 9.47 Å². The summed E-state index contributed by atoms with van der Waals surface area (Å²) >= 11 is 0. The monoisotopic (exact) mass is 128 g/mol. The molecule has 0 bridgehead atoms. The molecule has 0 unspecified atom stereocenters. The first-order valence-electron chi connectivity index (χ1n) is 2.53. The van der Waals surface area contributed by atoms with Crippen LogP contribution in [0.1, 0.15) is 0 Å². The van der Waals surface area contributed by atoms with Crippen molar-refractivity contribution in [1.82, 2.24) is 0 Å². The molecule has 9 heavy (non-hydrogen) atoms. The zero-order chi connectivity index (χ0) is 6.69. The molecule has 50 valence electrons. The van der Waals surface area contributed by atoms with Gasteiger partial charge in [-0.25, -0.2) is 0 Å². The van der Waals surface area contributed by atoms with E-state index in [9.17, 15) is 0 Å². The summed E-state index contributed by atoms with van der Waals surface area (Å²) in [5.41, 5.74) is 0. The summed E-state index contributed by atoms with van der Waals surface area (Å²) < 4.78 is 14.4. The Bertz CT molecular complexity index is 162. The van der Waals surface area contributed by atoms with Gasteiger partial charge >= 0.3 is 0 Å². The maximum Gasteiger partial charge on any atom is 0.287 e. The summed E-state index contributed by atoms with van der Waals surface area (Å²) in [6, 6.07) is 1.67. The molecule has 0 radical (unpaired) electrons. The molecule has 0 aromatic carbocycles. The smallest absolute Gasteiger partial charge is 0.287 e. The summed E-state index contributed by atoms with van der Waals surface area (Å²) in [6.45, 7) is 0. The van der Waals surface area contributed by atoms with Crippen LogP contribution in [0, 0.1) is 0 Å². The molecule has 1 aromatic heterocycles. The van der Waals surface area contributed by atoms with Crippen molar-refractivity contribution >= 4 is 0 Å². The average Bonchev–Trinajstić information content (AvgIpc) is 2.34. The third-order valence-electron chi connectivity index (χ3n) is 0.988. The predicted molar refractivity (Wildman–Crippen MR) is 31.8 cm³/mol. The number of furan rings is 1. The quantitative estimate of drug-likeness (QED) is 0.601. The van der Waals surface area contributed by atoms with Crippen LogP contribution in [0.4, 0.5) is 0 Å². The topological polar surface area (TPSA) is 31.6 Å². The molecule has 1 heterocycles. The minimum atomic E-state index is 0.465. The highest BCUT2D eigenvalue weighted by Gasteiger charge is 1.97. The Kier molecular flexibility index (Phi) is 1.63. The number of hydrogen-bond donors (Lipinski definition) is 0. The number of ether oxygens (including phenoxy) is 2. The first-order valence-corrected chi connectivity index (χ1v) is 2.53. The molecule has 0 saturated carbocycles. The van der Waals surface area contributed by atoms with Gasteiger partial charge in [0.25, 0.3) is 5.95 Å². The fourth-order valence-electron chi connectivity index (χ4n) is 0.514. The van der Waals surface area contributed by atoms with Crippen molar-refractivity contribution in [3.05, 3.63) is 12.3 Å². The van der Waals surface area contributed by atoms with E-state index < -0.39 is 0 Å². The van der Waals surface area contributed by atoms with Crippen LogP contribution in [0.5, 0.6) is 11.7 Å². The molecule has 0 N–H and O–H groups in total. The van der Waals surface area contributed by atoms with Gasteiger partial charge in [-0.15, -0.1) is 0 Å². The van der Waals surface area contributed by atoms with Crippen molar-refractivity contribution in [2.75, 3.05) is 14.2 Å². The van der Waals surface area contributed by atoms with Gasteiger partial charge in [0.1, 0.15) is 6.26 Å². The van der Waals surface area contributed by atoms with Gasteiger partial charge in [0.05, 0.1) is 20.3 Å². The van der Waals surface area contributed by atoms with Crippen molar-refractivity contribution in [3.8, 4) is 11.7 Å². The van der Waals surface area contributed by atoms with Crippen LogP contribution in [0.25, 0.3) is 0 Å². The van der Waals surface area contributed by atoms with Crippen LogP contribution in [0.2, 0.25) is 0 Å². The molecule has 0 aliphatic heterocycles. The highest BCUT2D eigenvalue weighted by Crippen LogP contribution is 2.20. The molecule has 1 aromatic rings. The minimum Gasteiger partial charge on any atom is -0.493 e. The second kappa shape index (κ2) is 2.44. The molecule has 0 aliphatic carbocycles. The molecule has 3 heteroatoms. The van der Waals surface area contributed by atoms with Crippen molar-refractivity contribution < 1.29 is 13.9 Å². The Labute approximate surface area is 53.2 Å². The highest BCUT2D eigenvalue weighted by molar-refractivity contribution is 5.22. The van der Waals surface area contributed by atoms with Crippen LogP contribution >= 0.6 is 0 Å². The Morgan fingerprint density at radius 1 is 1.33 bits per heavy atom. The van der Waals surface area contributed by atoms with Crippen LogP contribution in [-0.2, 0) is 0 Å². The molecule has 0 fully saturated rings. The van der Waals surface area contributed by atoms with E-state index in [1.54, 1.807) is 13.2 Å². The minimum absolute atomic E-state index is 0.465. The summed E-state index contributed by atoms with van der Waals surface area (Å²) in [4.78, 5) is 0. The summed E-state index contributed by atoms with van der Waals surface area (Å²) in [5, 5.41) is 0. The zero-order valence-corrected chi connectivity index (χ0v) is 5.38. The van der Waals surface area contributed by atoms with Crippen molar-refractivity contribution in [2.24, 2.45) is 0 Å². The second-order valence-electron chi connectivity index (χ2n) is 1.51. The molecule has 0 saturated heterocycles. The van der Waals surface area contributed by atoms with Gasteiger partial charge < -0.3 is 13.9 Å². The van der Waals surface area contributed by atoms with Crippen molar-refractivity contribution in [2.45, 2.75) is 0 Å². The van der Waals surface area contributed by atoms with E-state index in [2.05, 4.69) is 0 Å². The third kappa shape index (κ3) is 1.16. The molecule has 0 spiro atoms. The average molecular weight is 128 g/mol. The van der Waals surface area contributed by atoms with Crippen LogP contribution in [0.15, 0.2) is 16.7 Å². The second-order valence-corrected chi connectivity index (χ2v) is 1.51. The van der Waals surface area contributed by atoms with Gasteiger partial charge in [-0.05, 0) is 0 Å². The van der Waals surface area contributed by atoms with E-state index in [-0.39, 0.29) is 0 Å². The maximum absolute atomic E-state index is 4.86. The SMILES string of the molecule is COc1coc(OC)c1. The lowest BCUT2D eigenvalue weighted by molar-refractivity contribution is 0.304. The standard InChI is InChI=1S/C6H8O3/c1-7-5-3-6(8-2)9-4-5/h3-4H,1-2H3. The summed E-state index contributed by atoms with van der Waals surface area (Å²) in [5.74, 6) is 1.14. The Morgan fingerprint density at radius 3 is 2.44 bits per heavy atom. The predicted octanol–water partition coefficient (Wildman–Crippen LogP) is 1.30. The van der Waals surface area contributed by atoms with Gasteiger partial charge in [0.2, 0.25) is 0 Å². The van der Waals surface area contributed by atoms with Gasteiger partial charge in [-0.1, -0.05) is 0 Å². The van der Waals surface area contributed by atoms with Crippen LogP contribution in [-0.4, -0.2) is 14.2 Å². The molecule has 0 atom stereocenters. The van der Waals surface area contributed by atoms with Crippen LogP contribution in [0.3, 0.4) is 0 Å². The first kappa shape index (κ1) is 6.01. The Balaban J connectivity index is 2.74. The number of hydrogen-bond acceptors (Lipinski definition) is 3. The normalized spacial score (nSPS) is 9.11. The van der Waals surface area contributed by atoms with E-state index in [1.807, 2.05) is 0 Å². The van der Waals surface area contributed by atoms with Gasteiger partial charge in [0.15, 0.2) is 5.75 Å². The molecule has 0 aliphatic rings. The molecule has 0 amide bonds. The lowest BCUT2D eigenvalue weighted by Crippen LogP contribution is -1.78. The fourth-order valence-corrected chi connectivity index (χ4v) is 0.514. The number of methoxy groups -OCH3 is 2. The zero-order valence-electron chi connectivity index (χ0n) is 5.38. The van der Waals surface area contributed by atoms with Gasteiger partial charge in [0, 0.05) is 0 Å². The van der Waals surface area contributed by atoms with E-state index in [4.69, 9.17) is 13.9 Å². The number of rotatable bonds is 2. The summed E-state index contributed by atoms with van der Waals surface area (Å²) in [6.07, 6.45) is 1.48. The van der Waals surface area contributed by atoms with Crippen molar-refractivity contribution in [3.63, 3.8) is 0 Å².